The van der Waals surface area contributed by atoms with Gasteiger partial charge in [-0.2, -0.15) is 0 Å². The van der Waals surface area contributed by atoms with E-state index in [1.165, 1.54) is 12.8 Å². The summed E-state index contributed by atoms with van der Waals surface area (Å²) in [5, 5.41) is 15.6. The molecule has 1 aromatic carbocycles. The molecule has 1 aliphatic rings. The van der Waals surface area contributed by atoms with Gasteiger partial charge < -0.3 is 20.6 Å². The van der Waals surface area contributed by atoms with Gasteiger partial charge in [-0.05, 0) is 50.6 Å². The topological polar surface area (TPSA) is 64.6 Å². The normalized spacial score (nSPS) is 16.7. The summed E-state index contributed by atoms with van der Waals surface area (Å²) in [5.41, 5.74) is 1.92. The van der Waals surface area contributed by atoms with Crippen LogP contribution in [0, 0.1) is 5.92 Å². The van der Waals surface area contributed by atoms with Crippen molar-refractivity contribution in [2.24, 2.45) is 5.92 Å². The van der Waals surface area contributed by atoms with Crippen LogP contribution in [0.3, 0.4) is 0 Å². The van der Waals surface area contributed by atoms with Gasteiger partial charge in [-0.1, -0.05) is 25.0 Å². The van der Waals surface area contributed by atoms with Crippen LogP contribution in [0.25, 0.3) is 0 Å². The van der Waals surface area contributed by atoms with Gasteiger partial charge >= 0.3 is 6.03 Å². The van der Waals surface area contributed by atoms with Crippen LogP contribution in [0.15, 0.2) is 24.3 Å². The standard InChI is InChI=1S/C17H27N3O2/c1-20(2)12-13-6-5-9-15(10-13)19-17(22)18-11-16(21)14-7-3-4-8-14/h5-6,9-10,14,16,21H,3-4,7-8,11-12H2,1-2H3,(H2,18,19,22). The van der Waals surface area contributed by atoms with Crippen molar-refractivity contribution in [1.82, 2.24) is 10.2 Å². The summed E-state index contributed by atoms with van der Waals surface area (Å²) in [6.07, 6.45) is 4.07. The molecule has 0 radical (unpaired) electrons. The summed E-state index contributed by atoms with van der Waals surface area (Å²) >= 11 is 0. The zero-order valence-electron chi connectivity index (χ0n) is 13.5. The van der Waals surface area contributed by atoms with E-state index >= 15 is 0 Å². The smallest absolute Gasteiger partial charge is 0.319 e. The van der Waals surface area contributed by atoms with E-state index in [0.717, 1.165) is 30.6 Å². The van der Waals surface area contributed by atoms with E-state index in [0.29, 0.717) is 12.5 Å². The maximum absolute atomic E-state index is 11.9. The first-order valence-electron chi connectivity index (χ1n) is 8.01. The van der Waals surface area contributed by atoms with Crippen LogP contribution in [0.5, 0.6) is 0 Å². The number of carbonyl (C=O) groups is 1. The number of rotatable bonds is 6. The molecule has 0 heterocycles. The third-order valence-corrected chi connectivity index (χ3v) is 4.10. The van der Waals surface area contributed by atoms with Gasteiger partial charge in [-0.3, -0.25) is 0 Å². The van der Waals surface area contributed by atoms with Crippen molar-refractivity contribution < 1.29 is 9.90 Å². The van der Waals surface area contributed by atoms with Crippen LogP contribution in [-0.4, -0.2) is 42.8 Å². The SMILES string of the molecule is CN(C)Cc1cccc(NC(=O)NCC(O)C2CCCC2)c1. The van der Waals surface area contributed by atoms with Gasteiger partial charge in [0.2, 0.25) is 0 Å². The molecule has 5 nitrogen and oxygen atoms in total. The number of amides is 2. The highest BCUT2D eigenvalue weighted by Crippen LogP contribution is 2.27. The van der Waals surface area contributed by atoms with Crippen molar-refractivity contribution >= 4 is 11.7 Å². The molecule has 0 saturated heterocycles. The number of hydrogen-bond donors (Lipinski definition) is 3. The Morgan fingerprint density at radius 3 is 2.77 bits per heavy atom. The fourth-order valence-electron chi connectivity index (χ4n) is 2.99. The molecule has 0 spiro atoms. The third kappa shape index (κ3) is 5.31. The second-order valence-corrected chi connectivity index (χ2v) is 6.39. The number of carbonyl (C=O) groups excluding carboxylic acids is 1. The van der Waals surface area contributed by atoms with E-state index in [1.807, 2.05) is 38.4 Å². The molecular weight excluding hydrogens is 278 g/mol. The van der Waals surface area contributed by atoms with Crippen molar-refractivity contribution in [1.29, 1.82) is 0 Å². The molecule has 5 heteroatoms. The first-order chi connectivity index (χ1) is 10.5. The molecule has 1 unspecified atom stereocenters. The summed E-state index contributed by atoms with van der Waals surface area (Å²) in [6, 6.07) is 7.53. The van der Waals surface area contributed by atoms with E-state index in [1.54, 1.807) is 0 Å². The third-order valence-electron chi connectivity index (χ3n) is 4.10. The highest BCUT2D eigenvalue weighted by molar-refractivity contribution is 5.89. The number of hydrogen-bond acceptors (Lipinski definition) is 3. The second kappa shape index (κ2) is 8.15. The number of nitrogens with zero attached hydrogens (tertiary/aromatic N) is 1. The summed E-state index contributed by atoms with van der Waals surface area (Å²) in [4.78, 5) is 14.0. The molecule has 0 aromatic heterocycles. The van der Waals surface area contributed by atoms with Gasteiger partial charge in [-0.25, -0.2) is 4.79 Å². The number of benzene rings is 1. The average Bonchev–Trinajstić information content (AvgIpc) is 2.98. The van der Waals surface area contributed by atoms with Crippen LogP contribution in [0.4, 0.5) is 10.5 Å². The van der Waals surface area contributed by atoms with Crippen molar-refractivity contribution in [3.8, 4) is 0 Å². The highest BCUT2D eigenvalue weighted by atomic mass is 16.3. The molecule has 0 aliphatic heterocycles. The van der Waals surface area contributed by atoms with E-state index in [4.69, 9.17) is 0 Å². The second-order valence-electron chi connectivity index (χ2n) is 6.39. The van der Waals surface area contributed by atoms with E-state index in [-0.39, 0.29) is 6.03 Å². The molecule has 2 amide bonds. The van der Waals surface area contributed by atoms with E-state index < -0.39 is 6.10 Å². The van der Waals surface area contributed by atoms with Crippen molar-refractivity contribution in [2.75, 3.05) is 26.0 Å². The lowest BCUT2D eigenvalue weighted by Crippen LogP contribution is -2.38. The maximum atomic E-state index is 11.9. The molecule has 122 valence electrons. The number of aliphatic hydroxyl groups is 1. The number of urea groups is 1. The lowest BCUT2D eigenvalue weighted by atomic mass is 10.0. The van der Waals surface area contributed by atoms with E-state index in [9.17, 15) is 9.90 Å². The van der Waals surface area contributed by atoms with Gasteiger partial charge in [0, 0.05) is 18.8 Å². The molecular formula is C17H27N3O2. The zero-order valence-corrected chi connectivity index (χ0v) is 13.5. The predicted molar refractivity (Wildman–Crippen MR) is 88.8 cm³/mol. The van der Waals surface area contributed by atoms with Gasteiger partial charge in [0.05, 0.1) is 6.10 Å². The van der Waals surface area contributed by atoms with Crippen LogP contribution < -0.4 is 10.6 Å². The predicted octanol–water partition coefficient (Wildman–Crippen LogP) is 2.42. The van der Waals surface area contributed by atoms with Gasteiger partial charge in [0.25, 0.3) is 0 Å². The van der Waals surface area contributed by atoms with Crippen LogP contribution >= 0.6 is 0 Å². The molecule has 1 atom stereocenters. The zero-order chi connectivity index (χ0) is 15.9. The molecule has 3 N–H and O–H groups in total. The monoisotopic (exact) mass is 305 g/mol. The Hall–Kier alpha value is -1.59. The first kappa shape index (κ1) is 16.8. The Kier molecular flexibility index (Phi) is 6.21. The lowest BCUT2D eigenvalue weighted by Gasteiger charge is -2.18. The molecule has 0 bridgehead atoms. The number of aliphatic hydroxyl groups excluding tert-OH is 1. The minimum absolute atomic E-state index is 0.265. The fraction of sp³-hybridized carbons (Fsp3) is 0.588. The summed E-state index contributed by atoms with van der Waals surface area (Å²) in [5.74, 6) is 0.337. The van der Waals surface area contributed by atoms with Crippen LogP contribution in [0.1, 0.15) is 31.2 Å². The molecule has 1 aliphatic carbocycles. The Labute approximate surface area is 132 Å². The van der Waals surface area contributed by atoms with Gasteiger partial charge in [0.15, 0.2) is 0 Å². The maximum Gasteiger partial charge on any atom is 0.319 e. The average molecular weight is 305 g/mol. The molecule has 1 aromatic rings. The minimum Gasteiger partial charge on any atom is -0.391 e. The van der Waals surface area contributed by atoms with Crippen molar-refractivity contribution in [3.63, 3.8) is 0 Å². The van der Waals surface area contributed by atoms with Crippen LogP contribution in [0.2, 0.25) is 0 Å². The van der Waals surface area contributed by atoms with Gasteiger partial charge in [-0.15, -0.1) is 0 Å². The summed E-state index contributed by atoms with van der Waals surface area (Å²) in [7, 11) is 4.02. The Morgan fingerprint density at radius 2 is 2.09 bits per heavy atom. The van der Waals surface area contributed by atoms with Crippen LogP contribution in [-0.2, 0) is 6.54 Å². The fourth-order valence-corrected chi connectivity index (χ4v) is 2.99. The Balaban J connectivity index is 1.78. The molecule has 1 fully saturated rings. The molecule has 22 heavy (non-hydrogen) atoms. The van der Waals surface area contributed by atoms with Gasteiger partial charge in [0.1, 0.15) is 0 Å². The summed E-state index contributed by atoms with van der Waals surface area (Å²) in [6.45, 7) is 1.14. The lowest BCUT2D eigenvalue weighted by molar-refractivity contribution is 0.111. The molecule has 1 saturated carbocycles. The summed E-state index contributed by atoms with van der Waals surface area (Å²) < 4.78 is 0. The molecule has 2 rings (SSSR count). The van der Waals surface area contributed by atoms with E-state index in [2.05, 4.69) is 15.5 Å². The number of nitrogens with one attached hydrogen (secondary N) is 2. The quantitative estimate of drug-likeness (QED) is 0.756. The first-order valence-corrected chi connectivity index (χ1v) is 8.01. The Morgan fingerprint density at radius 1 is 1.36 bits per heavy atom. The Bertz CT molecular complexity index is 485. The number of anilines is 1. The van der Waals surface area contributed by atoms with Crippen molar-refractivity contribution in [3.05, 3.63) is 29.8 Å². The minimum atomic E-state index is -0.437. The largest absolute Gasteiger partial charge is 0.391 e. The van der Waals surface area contributed by atoms with Crippen molar-refractivity contribution in [2.45, 2.75) is 38.3 Å². The highest BCUT2D eigenvalue weighted by Gasteiger charge is 2.23.